The van der Waals surface area contributed by atoms with Crippen LogP contribution in [0.2, 0.25) is 0 Å². The minimum Gasteiger partial charge on any atom is -0.446 e. The number of alkyl carbamates (subject to hydrolysis) is 1. The quantitative estimate of drug-likeness (QED) is 0.650. The Hall–Kier alpha value is -1.99. The third-order valence-corrected chi connectivity index (χ3v) is 8.70. The molecule has 8 heteroatoms. The number of likely N-dealkylation sites (tertiary alicyclic amines) is 1. The number of nitrogens with one attached hydrogen (secondary N) is 1. The Morgan fingerprint density at radius 3 is 2.30 bits per heavy atom. The van der Waals surface area contributed by atoms with Crippen LogP contribution in [0.15, 0.2) is 0 Å². The summed E-state index contributed by atoms with van der Waals surface area (Å²) in [7, 11) is 0. The van der Waals surface area contributed by atoms with Crippen LogP contribution in [0.1, 0.15) is 78.6 Å². The van der Waals surface area contributed by atoms with Gasteiger partial charge in [0.05, 0.1) is 17.5 Å². The summed E-state index contributed by atoms with van der Waals surface area (Å²) in [4.78, 5) is 39.9. The largest absolute Gasteiger partial charge is 0.446 e. The molecule has 3 N–H and O–H groups in total. The van der Waals surface area contributed by atoms with Gasteiger partial charge in [-0.1, -0.05) is 12.8 Å². The summed E-state index contributed by atoms with van der Waals surface area (Å²) in [6, 6.07) is -0.184. The summed E-state index contributed by atoms with van der Waals surface area (Å²) >= 11 is 0. The second-order valence-corrected chi connectivity index (χ2v) is 12.4. The fraction of sp³-hybridized carbons (Fsp3) is 0.880. The molecular weight excluding hydrogens is 422 g/mol. The molecule has 1 heterocycles. The van der Waals surface area contributed by atoms with Gasteiger partial charge in [0.15, 0.2) is 0 Å². The second kappa shape index (κ2) is 8.05. The van der Waals surface area contributed by atoms with E-state index in [2.05, 4.69) is 5.32 Å². The number of rotatable bonds is 5. The molecule has 4 bridgehead atoms. The van der Waals surface area contributed by atoms with Crippen LogP contribution in [0.4, 0.5) is 9.59 Å². The van der Waals surface area contributed by atoms with Crippen LogP contribution < -0.4 is 11.1 Å². The van der Waals surface area contributed by atoms with Crippen LogP contribution in [0, 0.1) is 29.1 Å². The van der Waals surface area contributed by atoms with Crippen LogP contribution in [0.5, 0.6) is 0 Å². The van der Waals surface area contributed by atoms with E-state index in [9.17, 15) is 14.4 Å². The Labute approximate surface area is 196 Å². The lowest BCUT2D eigenvalue weighted by Gasteiger charge is -2.58. The van der Waals surface area contributed by atoms with Crippen molar-refractivity contribution >= 4 is 18.1 Å². The predicted octanol–water partition coefficient (Wildman–Crippen LogP) is 3.57. The molecule has 6 rings (SSSR count). The number of carbonyl (C=O) groups excluding carboxylic acids is 3. The molecule has 33 heavy (non-hydrogen) atoms. The number of primary amides is 1. The first-order valence-corrected chi connectivity index (χ1v) is 12.8. The molecule has 3 amide bonds. The highest BCUT2D eigenvalue weighted by Gasteiger charge is 2.59. The van der Waals surface area contributed by atoms with Gasteiger partial charge in [0, 0.05) is 6.54 Å². The van der Waals surface area contributed by atoms with E-state index >= 15 is 0 Å². The van der Waals surface area contributed by atoms with Crippen molar-refractivity contribution < 1.29 is 23.9 Å². The van der Waals surface area contributed by atoms with Gasteiger partial charge in [-0.05, 0) is 89.4 Å². The molecule has 4 atom stereocenters. The summed E-state index contributed by atoms with van der Waals surface area (Å²) < 4.78 is 11.6. The Bertz CT molecular complexity index is 803. The predicted molar refractivity (Wildman–Crippen MR) is 121 cm³/mol. The molecule has 6 fully saturated rings. The zero-order chi connectivity index (χ0) is 23.5. The first-order valence-electron chi connectivity index (χ1n) is 12.8. The van der Waals surface area contributed by atoms with Crippen molar-refractivity contribution in [2.45, 2.75) is 102 Å². The minimum atomic E-state index is -0.560. The molecule has 2 unspecified atom stereocenters. The van der Waals surface area contributed by atoms with Crippen LogP contribution in [0.25, 0.3) is 0 Å². The lowest BCUT2D eigenvalue weighted by molar-refractivity contribution is -0.162. The number of carbonyl (C=O) groups is 3. The van der Waals surface area contributed by atoms with Gasteiger partial charge >= 0.3 is 12.2 Å². The molecule has 0 aromatic carbocycles. The third-order valence-electron chi connectivity index (χ3n) is 8.70. The number of hydrogen-bond acceptors (Lipinski definition) is 5. The molecule has 8 nitrogen and oxygen atoms in total. The molecule has 0 aromatic heterocycles. The Balaban J connectivity index is 1.24. The number of ether oxygens (including phenoxy) is 2. The third kappa shape index (κ3) is 4.54. The maximum absolute atomic E-state index is 13.4. The smallest absolute Gasteiger partial charge is 0.410 e. The van der Waals surface area contributed by atoms with Crippen molar-refractivity contribution in [1.82, 2.24) is 10.2 Å². The number of nitrogens with zero attached hydrogens (tertiary/aromatic N) is 1. The summed E-state index contributed by atoms with van der Waals surface area (Å²) in [6.45, 7) is 6.12. The standard InChI is InChI=1S/C25H39N3O5/c1-24(2,3)33-22(30)27-18-6-7-28(19(18)10-14-4-5-14)23(31)32-20-16-8-15-9-17(20)13-25(11-15,12-16)21(26)29/h14-20H,4-13H2,1-3H3,(H2,26,29)(H,27,30)/t15?,16?,17?,18-,19+,20?,25?/m1/s1. The van der Waals surface area contributed by atoms with Gasteiger partial charge < -0.3 is 25.4 Å². The fourth-order valence-corrected chi connectivity index (χ4v) is 7.35. The van der Waals surface area contributed by atoms with Crippen LogP contribution in [-0.4, -0.2) is 53.3 Å². The van der Waals surface area contributed by atoms with Crippen molar-refractivity contribution in [2.75, 3.05) is 6.54 Å². The van der Waals surface area contributed by atoms with Gasteiger partial charge in [-0.25, -0.2) is 9.59 Å². The molecular formula is C25H39N3O5. The Morgan fingerprint density at radius 2 is 1.73 bits per heavy atom. The topological polar surface area (TPSA) is 111 Å². The van der Waals surface area contributed by atoms with Gasteiger partial charge in [-0.2, -0.15) is 0 Å². The summed E-state index contributed by atoms with van der Waals surface area (Å²) in [6.07, 6.45) is 7.60. The van der Waals surface area contributed by atoms with Gasteiger partial charge in [-0.15, -0.1) is 0 Å². The highest BCUT2D eigenvalue weighted by Crippen LogP contribution is 2.60. The van der Waals surface area contributed by atoms with Crippen LogP contribution in [0.3, 0.4) is 0 Å². The maximum Gasteiger partial charge on any atom is 0.410 e. The van der Waals surface area contributed by atoms with Crippen LogP contribution in [-0.2, 0) is 14.3 Å². The lowest BCUT2D eigenvalue weighted by atomic mass is 9.48. The zero-order valence-electron chi connectivity index (χ0n) is 20.2. The molecule has 5 saturated carbocycles. The summed E-state index contributed by atoms with van der Waals surface area (Å²) in [5.74, 6) is 1.43. The molecule has 184 valence electrons. The van der Waals surface area contributed by atoms with E-state index in [1.165, 1.54) is 12.8 Å². The average molecular weight is 462 g/mol. The molecule has 0 aromatic rings. The first-order chi connectivity index (χ1) is 15.5. The normalized spacial score (nSPS) is 39.4. The van der Waals surface area contributed by atoms with Crippen molar-refractivity contribution in [2.24, 2.45) is 34.8 Å². The van der Waals surface area contributed by atoms with E-state index in [1.54, 1.807) is 0 Å². The van der Waals surface area contributed by atoms with E-state index in [0.29, 0.717) is 24.8 Å². The minimum absolute atomic E-state index is 0.0636. The highest BCUT2D eigenvalue weighted by molar-refractivity contribution is 5.81. The SMILES string of the molecule is CC(C)(C)OC(=O)N[C@@H]1CCN(C(=O)OC2C3CC4CC2CC(C(N)=O)(C4)C3)[C@H]1CC1CC1. The van der Waals surface area contributed by atoms with Crippen molar-refractivity contribution in [3.8, 4) is 0 Å². The molecule has 0 spiro atoms. The van der Waals surface area contributed by atoms with Crippen molar-refractivity contribution in [3.05, 3.63) is 0 Å². The van der Waals surface area contributed by atoms with E-state index < -0.39 is 11.7 Å². The van der Waals surface area contributed by atoms with E-state index in [0.717, 1.165) is 38.5 Å². The monoisotopic (exact) mass is 461 g/mol. The van der Waals surface area contributed by atoms with E-state index in [1.807, 2.05) is 25.7 Å². The Kier molecular flexibility index (Phi) is 5.56. The van der Waals surface area contributed by atoms with Crippen LogP contribution >= 0.6 is 0 Å². The summed E-state index contributed by atoms with van der Waals surface area (Å²) in [5.41, 5.74) is 4.86. The van der Waals surface area contributed by atoms with E-state index in [4.69, 9.17) is 15.2 Å². The second-order valence-electron chi connectivity index (χ2n) is 12.4. The molecule has 1 aliphatic heterocycles. The molecule has 5 aliphatic carbocycles. The van der Waals surface area contributed by atoms with Gasteiger partial charge in [0.1, 0.15) is 11.7 Å². The number of amides is 3. The Morgan fingerprint density at radius 1 is 1.06 bits per heavy atom. The fourth-order valence-electron chi connectivity index (χ4n) is 7.35. The lowest BCUT2D eigenvalue weighted by Crippen LogP contribution is -2.59. The molecule has 6 aliphatic rings. The highest BCUT2D eigenvalue weighted by atomic mass is 16.6. The molecule has 0 radical (unpaired) electrons. The average Bonchev–Trinajstić information content (AvgIpc) is 3.43. The van der Waals surface area contributed by atoms with Gasteiger partial charge in [0.25, 0.3) is 0 Å². The zero-order valence-corrected chi connectivity index (χ0v) is 20.2. The van der Waals surface area contributed by atoms with Crippen molar-refractivity contribution in [1.29, 1.82) is 0 Å². The van der Waals surface area contributed by atoms with E-state index in [-0.39, 0.29) is 47.4 Å². The molecule has 1 saturated heterocycles. The number of hydrogen-bond donors (Lipinski definition) is 2. The number of nitrogens with two attached hydrogens (primary N) is 1. The first kappa shape index (κ1) is 22.8. The van der Waals surface area contributed by atoms with Gasteiger partial charge in [0.2, 0.25) is 5.91 Å². The van der Waals surface area contributed by atoms with Crippen molar-refractivity contribution in [3.63, 3.8) is 0 Å². The van der Waals surface area contributed by atoms with Gasteiger partial charge in [-0.3, -0.25) is 4.79 Å². The maximum atomic E-state index is 13.4. The summed E-state index contributed by atoms with van der Waals surface area (Å²) in [5, 5.41) is 3.01.